The lowest BCUT2D eigenvalue weighted by atomic mass is 10.2. The van der Waals surface area contributed by atoms with E-state index in [1.807, 2.05) is 13.8 Å². The maximum atomic E-state index is 14.6. The van der Waals surface area contributed by atoms with Gasteiger partial charge in [0.05, 0.1) is 0 Å². The lowest BCUT2D eigenvalue weighted by Crippen LogP contribution is -2.30. The molecule has 0 radical (unpaired) electrons. The quantitative estimate of drug-likeness (QED) is 0.522. The summed E-state index contributed by atoms with van der Waals surface area (Å²) in [5, 5.41) is 2.00. The van der Waals surface area contributed by atoms with Crippen molar-refractivity contribution in [2.75, 3.05) is 13.1 Å². The van der Waals surface area contributed by atoms with Crippen LogP contribution < -0.4 is 4.74 Å². The molecular formula is C21H19F3N2O2S. The van der Waals surface area contributed by atoms with E-state index >= 15 is 0 Å². The maximum absolute atomic E-state index is 14.6. The van der Waals surface area contributed by atoms with Gasteiger partial charge in [-0.05, 0) is 43.7 Å². The largest absolute Gasteiger partial charge is 0.489 e. The van der Waals surface area contributed by atoms with Gasteiger partial charge in [0.2, 0.25) is 0 Å². The number of carbonyl (C=O) groups excluding carboxylic acids is 1. The first-order valence-corrected chi connectivity index (χ1v) is 9.91. The topological polar surface area (TPSA) is 42.4 Å². The first kappa shape index (κ1) is 20.9. The molecular weight excluding hydrogens is 401 g/mol. The molecule has 3 rings (SSSR count). The summed E-state index contributed by atoms with van der Waals surface area (Å²) >= 11 is 1.18. The van der Waals surface area contributed by atoms with Crippen LogP contribution >= 0.6 is 11.3 Å². The van der Waals surface area contributed by atoms with Gasteiger partial charge in [0.15, 0.2) is 0 Å². The SMILES string of the molecule is CCN(CC)C(=O)c1csc(-c2ccc(OCc3cc(F)cc(F)c3)cc2F)n1. The van der Waals surface area contributed by atoms with Gasteiger partial charge in [0.1, 0.15) is 40.5 Å². The third kappa shape index (κ3) is 4.95. The summed E-state index contributed by atoms with van der Waals surface area (Å²) in [5.41, 5.74) is 0.825. The molecule has 3 aromatic rings. The molecule has 0 unspecified atom stereocenters. The molecule has 0 aliphatic carbocycles. The van der Waals surface area contributed by atoms with Crippen LogP contribution in [0.2, 0.25) is 0 Å². The highest BCUT2D eigenvalue weighted by Gasteiger charge is 2.18. The van der Waals surface area contributed by atoms with E-state index in [1.165, 1.54) is 23.5 Å². The van der Waals surface area contributed by atoms with Crippen molar-refractivity contribution in [3.8, 4) is 16.3 Å². The van der Waals surface area contributed by atoms with Gasteiger partial charge in [-0.1, -0.05) is 0 Å². The van der Waals surface area contributed by atoms with E-state index in [1.54, 1.807) is 16.3 Å². The standard InChI is InChI=1S/C21H19F3N2O2S/c1-3-26(4-2)21(27)19-12-29-20(25-19)17-6-5-16(10-18(17)24)28-11-13-7-14(22)9-15(23)8-13/h5-10,12H,3-4,11H2,1-2H3. The Balaban J connectivity index is 1.73. The zero-order chi connectivity index (χ0) is 21.0. The number of ether oxygens (including phenoxy) is 1. The number of carbonyl (C=O) groups is 1. The number of hydrogen-bond acceptors (Lipinski definition) is 4. The van der Waals surface area contributed by atoms with Gasteiger partial charge in [-0.3, -0.25) is 4.79 Å². The summed E-state index contributed by atoms with van der Waals surface area (Å²) in [6.45, 7) is 4.79. The Morgan fingerprint density at radius 1 is 1.07 bits per heavy atom. The lowest BCUT2D eigenvalue weighted by Gasteiger charge is -2.16. The third-order valence-electron chi connectivity index (χ3n) is 4.27. The minimum Gasteiger partial charge on any atom is -0.489 e. The average Bonchev–Trinajstić information content (AvgIpc) is 3.16. The van der Waals surface area contributed by atoms with Crippen LogP contribution in [0.4, 0.5) is 13.2 Å². The highest BCUT2D eigenvalue weighted by Crippen LogP contribution is 2.29. The second kappa shape index (κ2) is 9.09. The average molecular weight is 420 g/mol. The van der Waals surface area contributed by atoms with Gasteiger partial charge in [0.25, 0.3) is 5.91 Å². The number of nitrogens with zero attached hydrogens (tertiary/aromatic N) is 2. The summed E-state index contributed by atoms with van der Waals surface area (Å²) < 4.78 is 46.4. The van der Waals surface area contributed by atoms with Crippen molar-refractivity contribution in [2.24, 2.45) is 0 Å². The van der Waals surface area contributed by atoms with Crippen molar-refractivity contribution in [3.63, 3.8) is 0 Å². The molecule has 8 heteroatoms. The van der Waals surface area contributed by atoms with Crippen LogP contribution in [0.25, 0.3) is 10.6 Å². The fourth-order valence-corrected chi connectivity index (χ4v) is 3.61. The van der Waals surface area contributed by atoms with E-state index in [0.717, 1.165) is 18.2 Å². The summed E-state index contributed by atoms with van der Waals surface area (Å²) in [6.07, 6.45) is 0. The summed E-state index contributed by atoms with van der Waals surface area (Å²) in [6, 6.07) is 7.29. The van der Waals surface area contributed by atoms with Gasteiger partial charge >= 0.3 is 0 Å². The highest BCUT2D eigenvalue weighted by atomic mass is 32.1. The Morgan fingerprint density at radius 3 is 2.38 bits per heavy atom. The molecule has 0 saturated heterocycles. The molecule has 1 aromatic heterocycles. The Bertz CT molecular complexity index is 999. The van der Waals surface area contributed by atoms with Crippen molar-refractivity contribution in [3.05, 3.63) is 70.5 Å². The molecule has 1 heterocycles. The fourth-order valence-electron chi connectivity index (χ4n) is 2.79. The number of rotatable bonds is 7. The van der Waals surface area contributed by atoms with Crippen LogP contribution in [0.3, 0.4) is 0 Å². The number of thiazole rings is 1. The van der Waals surface area contributed by atoms with E-state index < -0.39 is 17.5 Å². The van der Waals surface area contributed by atoms with Crippen LogP contribution in [0.15, 0.2) is 41.8 Å². The smallest absolute Gasteiger partial charge is 0.273 e. The van der Waals surface area contributed by atoms with Gasteiger partial charge in [-0.15, -0.1) is 11.3 Å². The molecule has 0 bridgehead atoms. The molecule has 1 amide bonds. The van der Waals surface area contributed by atoms with Crippen molar-refractivity contribution >= 4 is 17.2 Å². The van der Waals surface area contributed by atoms with E-state index in [2.05, 4.69) is 4.98 Å². The highest BCUT2D eigenvalue weighted by molar-refractivity contribution is 7.13. The number of aromatic nitrogens is 1. The summed E-state index contributed by atoms with van der Waals surface area (Å²) in [5.74, 6) is -1.95. The predicted molar refractivity (Wildman–Crippen MR) is 105 cm³/mol. The number of amides is 1. The van der Waals surface area contributed by atoms with Gasteiger partial charge in [-0.25, -0.2) is 18.2 Å². The Labute approximate surface area is 170 Å². The Morgan fingerprint density at radius 2 is 1.76 bits per heavy atom. The second-order valence-electron chi connectivity index (χ2n) is 6.22. The van der Waals surface area contributed by atoms with Crippen LogP contribution in [0, 0.1) is 17.5 Å². The fraction of sp³-hybridized carbons (Fsp3) is 0.238. The van der Waals surface area contributed by atoms with Crippen molar-refractivity contribution < 1.29 is 22.7 Å². The monoisotopic (exact) mass is 420 g/mol. The minimum atomic E-state index is -0.705. The molecule has 0 spiro atoms. The molecule has 0 fully saturated rings. The molecule has 0 N–H and O–H groups in total. The zero-order valence-corrected chi connectivity index (χ0v) is 16.7. The third-order valence-corrected chi connectivity index (χ3v) is 5.15. The van der Waals surface area contributed by atoms with E-state index in [0.29, 0.717) is 23.7 Å². The minimum absolute atomic E-state index is 0.104. The molecule has 0 aliphatic rings. The van der Waals surface area contributed by atoms with E-state index in [9.17, 15) is 18.0 Å². The van der Waals surface area contributed by atoms with Crippen molar-refractivity contribution in [1.82, 2.24) is 9.88 Å². The van der Waals surface area contributed by atoms with Gasteiger partial charge in [0, 0.05) is 36.2 Å². The first-order chi connectivity index (χ1) is 13.9. The normalized spacial score (nSPS) is 10.8. The lowest BCUT2D eigenvalue weighted by molar-refractivity contribution is 0.0768. The molecule has 2 aromatic carbocycles. The molecule has 4 nitrogen and oxygen atoms in total. The molecule has 0 saturated carbocycles. The number of halogens is 3. The summed E-state index contributed by atoms with van der Waals surface area (Å²) in [4.78, 5) is 18.3. The Hall–Kier alpha value is -2.87. The molecule has 0 aliphatic heterocycles. The number of hydrogen-bond donors (Lipinski definition) is 0. The first-order valence-electron chi connectivity index (χ1n) is 9.03. The molecule has 0 atom stereocenters. The summed E-state index contributed by atoms with van der Waals surface area (Å²) in [7, 11) is 0. The number of benzene rings is 2. The van der Waals surface area contributed by atoms with Crippen molar-refractivity contribution in [2.45, 2.75) is 20.5 Å². The van der Waals surface area contributed by atoms with Crippen LogP contribution in [-0.2, 0) is 6.61 Å². The molecule has 29 heavy (non-hydrogen) atoms. The Kier molecular flexibility index (Phi) is 6.53. The van der Waals surface area contributed by atoms with Gasteiger partial charge < -0.3 is 9.64 Å². The van der Waals surface area contributed by atoms with Crippen LogP contribution in [0.5, 0.6) is 5.75 Å². The van der Waals surface area contributed by atoms with E-state index in [4.69, 9.17) is 4.74 Å². The van der Waals surface area contributed by atoms with Crippen molar-refractivity contribution in [1.29, 1.82) is 0 Å². The second-order valence-corrected chi connectivity index (χ2v) is 7.08. The van der Waals surface area contributed by atoms with E-state index in [-0.39, 0.29) is 29.5 Å². The van der Waals surface area contributed by atoms with Crippen LogP contribution in [-0.4, -0.2) is 28.9 Å². The van der Waals surface area contributed by atoms with Crippen LogP contribution in [0.1, 0.15) is 29.9 Å². The predicted octanol–water partition coefficient (Wildman–Crippen LogP) is 5.29. The zero-order valence-electron chi connectivity index (χ0n) is 15.9. The maximum Gasteiger partial charge on any atom is 0.273 e. The molecule has 152 valence electrons. The van der Waals surface area contributed by atoms with Gasteiger partial charge in [-0.2, -0.15) is 0 Å².